The van der Waals surface area contributed by atoms with Crippen molar-refractivity contribution in [3.8, 4) is 5.13 Å². The smallest absolute Gasteiger partial charge is 0.212 e. The topological polar surface area (TPSA) is 43.6 Å². The number of rotatable bonds is 2. The Hall–Kier alpha value is -1.23. The third-order valence-electron chi connectivity index (χ3n) is 2.26. The fourth-order valence-corrected chi connectivity index (χ4v) is 2.28. The van der Waals surface area contributed by atoms with Gasteiger partial charge in [0, 0.05) is 12.1 Å². The van der Waals surface area contributed by atoms with Crippen LogP contribution in [0, 0.1) is 6.92 Å². The lowest BCUT2D eigenvalue weighted by atomic mass is 10.4. The molecular weight excluding hydrogens is 196 g/mol. The summed E-state index contributed by atoms with van der Waals surface area (Å²) in [6.07, 6.45) is 6.34. The lowest BCUT2D eigenvalue weighted by Crippen LogP contribution is -1.92. The van der Waals surface area contributed by atoms with Crippen molar-refractivity contribution in [2.24, 2.45) is 0 Å². The molecular formula is C9H10N4S. The van der Waals surface area contributed by atoms with Gasteiger partial charge >= 0.3 is 0 Å². The van der Waals surface area contributed by atoms with Gasteiger partial charge in [-0.15, -0.1) is 10.2 Å². The van der Waals surface area contributed by atoms with Crippen LogP contribution in [0.4, 0.5) is 0 Å². The Morgan fingerprint density at radius 1 is 1.43 bits per heavy atom. The van der Waals surface area contributed by atoms with Crippen molar-refractivity contribution in [2.45, 2.75) is 25.7 Å². The molecule has 1 aliphatic rings. The van der Waals surface area contributed by atoms with Crippen molar-refractivity contribution in [1.29, 1.82) is 0 Å². The SMILES string of the molecule is Cc1cnn(-c2nnc(C3CC3)s2)c1. The highest BCUT2D eigenvalue weighted by atomic mass is 32.1. The zero-order valence-corrected chi connectivity index (χ0v) is 8.66. The molecule has 2 aromatic rings. The van der Waals surface area contributed by atoms with Crippen LogP contribution < -0.4 is 0 Å². The molecule has 0 aliphatic heterocycles. The molecule has 1 aliphatic carbocycles. The molecule has 3 rings (SSSR count). The van der Waals surface area contributed by atoms with E-state index < -0.39 is 0 Å². The van der Waals surface area contributed by atoms with Crippen molar-refractivity contribution in [1.82, 2.24) is 20.0 Å². The van der Waals surface area contributed by atoms with E-state index in [1.54, 1.807) is 16.0 Å². The maximum atomic E-state index is 4.20. The molecule has 0 amide bonds. The molecule has 2 heterocycles. The summed E-state index contributed by atoms with van der Waals surface area (Å²) >= 11 is 1.65. The Balaban J connectivity index is 1.95. The minimum Gasteiger partial charge on any atom is -0.212 e. The molecule has 14 heavy (non-hydrogen) atoms. The van der Waals surface area contributed by atoms with E-state index in [0.29, 0.717) is 5.92 Å². The van der Waals surface area contributed by atoms with Gasteiger partial charge in [0.15, 0.2) is 0 Å². The summed E-state index contributed by atoms with van der Waals surface area (Å²) in [5.41, 5.74) is 1.15. The first kappa shape index (κ1) is 8.11. The molecule has 1 saturated carbocycles. The molecule has 0 spiro atoms. The van der Waals surface area contributed by atoms with Crippen LogP contribution in [0.15, 0.2) is 12.4 Å². The highest BCUT2D eigenvalue weighted by Crippen LogP contribution is 2.41. The Bertz CT molecular complexity index is 455. The molecule has 0 saturated heterocycles. The average molecular weight is 206 g/mol. The summed E-state index contributed by atoms with van der Waals surface area (Å²) in [6.45, 7) is 2.02. The first-order chi connectivity index (χ1) is 6.83. The van der Waals surface area contributed by atoms with Crippen molar-refractivity contribution < 1.29 is 0 Å². The van der Waals surface area contributed by atoms with Gasteiger partial charge < -0.3 is 0 Å². The minimum absolute atomic E-state index is 0.679. The second-order valence-corrected chi connectivity index (χ2v) is 4.65. The van der Waals surface area contributed by atoms with Gasteiger partial charge in [-0.2, -0.15) is 5.10 Å². The predicted molar refractivity (Wildman–Crippen MR) is 53.7 cm³/mol. The zero-order chi connectivity index (χ0) is 9.54. The molecule has 0 radical (unpaired) electrons. The van der Waals surface area contributed by atoms with Crippen LogP contribution in [0.1, 0.15) is 29.3 Å². The summed E-state index contributed by atoms with van der Waals surface area (Å²) in [4.78, 5) is 0. The van der Waals surface area contributed by atoms with Gasteiger partial charge in [0.1, 0.15) is 5.01 Å². The van der Waals surface area contributed by atoms with E-state index in [1.807, 2.05) is 19.3 Å². The molecule has 1 fully saturated rings. The van der Waals surface area contributed by atoms with Crippen LogP contribution in [-0.4, -0.2) is 20.0 Å². The Morgan fingerprint density at radius 3 is 2.93 bits per heavy atom. The van der Waals surface area contributed by atoms with E-state index in [1.165, 1.54) is 12.8 Å². The number of hydrogen-bond acceptors (Lipinski definition) is 4. The average Bonchev–Trinajstić information content (AvgIpc) is 2.76. The highest BCUT2D eigenvalue weighted by Gasteiger charge is 2.27. The fraction of sp³-hybridized carbons (Fsp3) is 0.444. The maximum Gasteiger partial charge on any atom is 0.232 e. The Kier molecular flexibility index (Phi) is 1.67. The van der Waals surface area contributed by atoms with Crippen LogP contribution in [0.3, 0.4) is 0 Å². The van der Waals surface area contributed by atoms with Crippen molar-refractivity contribution >= 4 is 11.3 Å². The maximum absolute atomic E-state index is 4.20. The predicted octanol–water partition coefficient (Wildman–Crippen LogP) is 1.91. The highest BCUT2D eigenvalue weighted by molar-refractivity contribution is 7.13. The summed E-state index contributed by atoms with van der Waals surface area (Å²) < 4.78 is 1.79. The van der Waals surface area contributed by atoms with Gasteiger partial charge in [-0.25, -0.2) is 4.68 Å². The van der Waals surface area contributed by atoms with Gasteiger partial charge in [-0.1, -0.05) is 11.3 Å². The van der Waals surface area contributed by atoms with E-state index >= 15 is 0 Å². The van der Waals surface area contributed by atoms with E-state index in [4.69, 9.17) is 0 Å². The van der Waals surface area contributed by atoms with Crippen LogP contribution in [-0.2, 0) is 0 Å². The van der Waals surface area contributed by atoms with Crippen molar-refractivity contribution in [3.05, 3.63) is 23.0 Å². The van der Waals surface area contributed by atoms with E-state index in [9.17, 15) is 0 Å². The normalized spacial score (nSPS) is 16.1. The second kappa shape index (κ2) is 2.88. The third kappa shape index (κ3) is 1.33. The zero-order valence-electron chi connectivity index (χ0n) is 7.84. The molecule has 0 bridgehead atoms. The van der Waals surface area contributed by atoms with Crippen LogP contribution in [0.25, 0.3) is 5.13 Å². The molecule has 2 aromatic heterocycles. The largest absolute Gasteiger partial charge is 0.232 e. The quantitative estimate of drug-likeness (QED) is 0.753. The van der Waals surface area contributed by atoms with Gasteiger partial charge in [0.2, 0.25) is 5.13 Å². The number of aryl methyl sites for hydroxylation is 1. The standard InChI is InChI=1S/C9H10N4S/c1-6-4-10-13(5-6)9-12-11-8(14-9)7-2-3-7/h4-5,7H,2-3H2,1H3. The molecule has 4 nitrogen and oxygen atoms in total. The van der Waals surface area contributed by atoms with E-state index in [-0.39, 0.29) is 0 Å². The first-order valence-corrected chi connectivity index (χ1v) is 5.49. The number of aromatic nitrogens is 4. The van der Waals surface area contributed by atoms with Gasteiger partial charge in [0.05, 0.1) is 6.20 Å². The van der Waals surface area contributed by atoms with Gasteiger partial charge in [-0.3, -0.25) is 0 Å². The summed E-state index contributed by atoms with van der Waals surface area (Å²) in [7, 11) is 0. The van der Waals surface area contributed by atoms with Gasteiger partial charge in [-0.05, 0) is 25.3 Å². The number of nitrogens with zero attached hydrogens (tertiary/aromatic N) is 4. The third-order valence-corrected chi connectivity index (χ3v) is 3.34. The van der Waals surface area contributed by atoms with Crippen LogP contribution in [0.5, 0.6) is 0 Å². The lowest BCUT2D eigenvalue weighted by Gasteiger charge is -1.89. The van der Waals surface area contributed by atoms with Crippen molar-refractivity contribution in [2.75, 3.05) is 0 Å². The molecule has 72 valence electrons. The lowest BCUT2D eigenvalue weighted by molar-refractivity contribution is 0.838. The monoisotopic (exact) mass is 206 g/mol. The van der Waals surface area contributed by atoms with E-state index in [0.717, 1.165) is 15.7 Å². The van der Waals surface area contributed by atoms with E-state index in [2.05, 4.69) is 15.3 Å². The summed E-state index contributed by atoms with van der Waals surface area (Å²) in [5.74, 6) is 0.679. The molecule has 0 N–H and O–H groups in total. The fourth-order valence-electron chi connectivity index (χ4n) is 1.33. The molecule has 0 unspecified atom stereocenters. The number of hydrogen-bond donors (Lipinski definition) is 0. The molecule has 0 aromatic carbocycles. The van der Waals surface area contributed by atoms with Crippen molar-refractivity contribution in [3.63, 3.8) is 0 Å². The summed E-state index contributed by atoms with van der Waals surface area (Å²) in [5, 5.41) is 14.5. The minimum atomic E-state index is 0.679. The van der Waals surface area contributed by atoms with Gasteiger partial charge in [0.25, 0.3) is 0 Å². The van der Waals surface area contributed by atoms with Crippen LogP contribution >= 0.6 is 11.3 Å². The first-order valence-electron chi connectivity index (χ1n) is 4.68. The Morgan fingerprint density at radius 2 is 2.29 bits per heavy atom. The molecule has 5 heteroatoms. The second-order valence-electron chi connectivity index (χ2n) is 3.66. The molecule has 0 atom stereocenters. The summed E-state index contributed by atoms with van der Waals surface area (Å²) in [6, 6.07) is 0. The van der Waals surface area contributed by atoms with Crippen LogP contribution in [0.2, 0.25) is 0 Å². The Labute approximate surface area is 85.6 Å².